The minimum atomic E-state index is -0.445. The van der Waals surface area contributed by atoms with Gasteiger partial charge in [-0.3, -0.25) is 0 Å². The summed E-state index contributed by atoms with van der Waals surface area (Å²) in [5.74, 6) is 0.0254. The lowest BCUT2D eigenvalue weighted by molar-refractivity contribution is 0.432. The zero-order valence-electron chi connectivity index (χ0n) is 11.0. The van der Waals surface area contributed by atoms with Gasteiger partial charge in [0, 0.05) is 10.9 Å². The molecule has 2 aromatic heterocycles. The molecule has 5 nitrogen and oxygen atoms in total. The smallest absolute Gasteiger partial charge is 0.258 e. The van der Waals surface area contributed by atoms with Crippen LogP contribution in [0.5, 0.6) is 0 Å². The van der Waals surface area contributed by atoms with Crippen molar-refractivity contribution >= 4 is 17.6 Å². The highest BCUT2D eigenvalue weighted by Gasteiger charge is 2.13. The first kappa shape index (κ1) is 14.0. The maximum Gasteiger partial charge on any atom is 0.258 e. The van der Waals surface area contributed by atoms with E-state index in [1.807, 2.05) is 6.07 Å². The van der Waals surface area contributed by atoms with Gasteiger partial charge in [0.15, 0.2) is 0 Å². The number of rotatable bonds is 3. The first-order chi connectivity index (χ1) is 10.7. The Morgan fingerprint density at radius 1 is 1.27 bits per heavy atom. The average molecular weight is 310 g/mol. The Morgan fingerprint density at radius 2 is 2.14 bits per heavy atom. The van der Waals surface area contributed by atoms with Crippen LogP contribution in [0.15, 0.2) is 41.1 Å². The fourth-order valence-electron chi connectivity index (χ4n) is 1.86. The minimum Gasteiger partial charge on any atom is -0.334 e. The van der Waals surface area contributed by atoms with Gasteiger partial charge in [-0.25, -0.2) is 9.37 Å². The van der Waals surface area contributed by atoms with Crippen LogP contribution in [-0.4, -0.2) is 20.5 Å². The average Bonchev–Trinajstić information content (AvgIpc) is 3.05. The van der Waals surface area contributed by atoms with Crippen molar-refractivity contribution in [3.05, 3.63) is 53.5 Å². The van der Waals surface area contributed by atoms with Gasteiger partial charge in [-0.2, -0.15) is 10.2 Å². The molecule has 0 radical (unpaired) electrons. The van der Waals surface area contributed by atoms with Crippen molar-refractivity contribution in [2.75, 3.05) is 0 Å². The van der Waals surface area contributed by atoms with Gasteiger partial charge < -0.3 is 4.52 Å². The molecule has 0 N–H and O–H groups in total. The van der Waals surface area contributed by atoms with Crippen LogP contribution in [-0.2, 0) is 0 Å². The van der Waals surface area contributed by atoms with Gasteiger partial charge in [-0.05, 0) is 35.9 Å². The Kier molecular flexibility index (Phi) is 3.68. The summed E-state index contributed by atoms with van der Waals surface area (Å²) in [6, 6.07) is 9.79. The highest BCUT2D eigenvalue weighted by Crippen LogP contribution is 2.23. The standard InChI is InChI=1S/C15H7FN4OS/c16-12-1-2-13(18-7-12)14-19-15(21-20-14)11-4-9(6-17)3-10(5-11)8-22/h1-5,7-8H. The summed E-state index contributed by atoms with van der Waals surface area (Å²) in [5, 5.41) is 14.3. The van der Waals surface area contributed by atoms with E-state index in [1.165, 1.54) is 17.5 Å². The Bertz CT molecular complexity index is 883. The molecule has 0 fully saturated rings. The number of nitrogens with zero attached hydrogens (tertiary/aromatic N) is 4. The molecule has 0 unspecified atom stereocenters. The normalized spacial score (nSPS) is 10.2. The van der Waals surface area contributed by atoms with E-state index in [0.717, 1.165) is 6.20 Å². The molecule has 2 heterocycles. The number of pyridine rings is 1. The molecule has 0 aliphatic heterocycles. The number of aromatic nitrogens is 3. The summed E-state index contributed by atoms with van der Waals surface area (Å²) in [6.07, 6.45) is 1.08. The predicted molar refractivity (Wildman–Crippen MR) is 80.4 cm³/mol. The molecule has 0 saturated heterocycles. The molecule has 22 heavy (non-hydrogen) atoms. The molecule has 0 spiro atoms. The van der Waals surface area contributed by atoms with Gasteiger partial charge in [-0.15, -0.1) is 0 Å². The zero-order valence-corrected chi connectivity index (χ0v) is 11.8. The van der Waals surface area contributed by atoms with Gasteiger partial charge in [0.05, 0.1) is 17.8 Å². The van der Waals surface area contributed by atoms with Crippen LogP contribution in [0.3, 0.4) is 0 Å². The van der Waals surface area contributed by atoms with E-state index in [1.54, 1.807) is 18.2 Å². The second-order valence-electron chi connectivity index (χ2n) is 4.36. The van der Waals surface area contributed by atoms with Crippen LogP contribution >= 0.6 is 12.2 Å². The summed E-state index contributed by atoms with van der Waals surface area (Å²) < 4.78 is 18.1. The molecule has 7 heteroatoms. The molecule has 0 atom stereocenters. The van der Waals surface area contributed by atoms with Crippen molar-refractivity contribution in [1.82, 2.24) is 15.1 Å². The van der Waals surface area contributed by atoms with Crippen molar-refractivity contribution in [2.24, 2.45) is 0 Å². The topological polar surface area (TPSA) is 75.6 Å². The minimum absolute atomic E-state index is 0.233. The summed E-state index contributed by atoms with van der Waals surface area (Å²) in [4.78, 5) is 8.10. The van der Waals surface area contributed by atoms with Crippen molar-refractivity contribution in [2.45, 2.75) is 0 Å². The zero-order chi connectivity index (χ0) is 15.5. The van der Waals surface area contributed by atoms with Crippen LogP contribution in [0, 0.1) is 17.1 Å². The number of nitriles is 1. The highest BCUT2D eigenvalue weighted by molar-refractivity contribution is 7.79. The van der Waals surface area contributed by atoms with Crippen LogP contribution in [0.1, 0.15) is 11.1 Å². The molecule has 0 aliphatic rings. The molecular weight excluding hydrogens is 303 g/mol. The van der Waals surface area contributed by atoms with Gasteiger partial charge in [0.25, 0.3) is 5.89 Å². The van der Waals surface area contributed by atoms with E-state index in [-0.39, 0.29) is 11.7 Å². The van der Waals surface area contributed by atoms with Crippen molar-refractivity contribution < 1.29 is 8.91 Å². The van der Waals surface area contributed by atoms with Gasteiger partial charge in [0.1, 0.15) is 11.5 Å². The molecule has 0 bridgehead atoms. The highest BCUT2D eigenvalue weighted by atomic mass is 32.1. The Balaban J connectivity index is 2.02. The molecule has 0 aliphatic carbocycles. The van der Waals surface area contributed by atoms with Gasteiger partial charge >= 0.3 is 0 Å². The molecule has 3 aromatic rings. The maximum absolute atomic E-state index is 12.9. The SMILES string of the molecule is N#Cc1cc(C=S)cc(-c2nc(-c3ccc(F)cn3)no2)c1. The summed E-state index contributed by atoms with van der Waals surface area (Å²) in [6.45, 7) is 0. The third-order valence-corrected chi connectivity index (χ3v) is 3.12. The maximum atomic E-state index is 12.9. The van der Waals surface area contributed by atoms with E-state index in [0.29, 0.717) is 22.4 Å². The fraction of sp³-hybridized carbons (Fsp3) is 0. The first-order valence-corrected chi connectivity index (χ1v) is 6.63. The van der Waals surface area contributed by atoms with Gasteiger partial charge in [0.2, 0.25) is 5.82 Å². The molecular formula is C15H7FN4OS. The number of halogens is 1. The van der Waals surface area contributed by atoms with E-state index < -0.39 is 5.82 Å². The molecule has 0 amide bonds. The number of thiocarbonyl (C=S) groups is 1. The summed E-state index contributed by atoms with van der Waals surface area (Å²) >= 11 is 4.88. The van der Waals surface area contributed by atoms with Crippen molar-refractivity contribution in [3.63, 3.8) is 0 Å². The molecule has 3 rings (SSSR count). The fourth-order valence-corrected chi connectivity index (χ4v) is 2.00. The van der Waals surface area contributed by atoms with Crippen LogP contribution < -0.4 is 0 Å². The van der Waals surface area contributed by atoms with E-state index in [4.69, 9.17) is 22.0 Å². The van der Waals surface area contributed by atoms with Crippen molar-refractivity contribution in [3.8, 4) is 29.0 Å². The molecule has 0 saturated carbocycles. The van der Waals surface area contributed by atoms with E-state index in [9.17, 15) is 4.39 Å². The lowest BCUT2D eigenvalue weighted by Gasteiger charge is -1.98. The number of benzene rings is 1. The van der Waals surface area contributed by atoms with E-state index >= 15 is 0 Å². The lowest BCUT2D eigenvalue weighted by atomic mass is 10.1. The Hall–Kier alpha value is -2.98. The number of hydrogen-bond donors (Lipinski definition) is 0. The predicted octanol–water partition coefficient (Wildman–Crippen LogP) is 3.16. The third kappa shape index (κ3) is 2.73. The van der Waals surface area contributed by atoms with Crippen LogP contribution in [0.25, 0.3) is 23.0 Å². The van der Waals surface area contributed by atoms with Crippen molar-refractivity contribution in [1.29, 1.82) is 5.26 Å². The third-order valence-electron chi connectivity index (χ3n) is 2.85. The molecule has 1 aromatic carbocycles. The summed E-state index contributed by atoms with van der Waals surface area (Å²) in [7, 11) is 0. The Morgan fingerprint density at radius 3 is 2.82 bits per heavy atom. The monoisotopic (exact) mass is 310 g/mol. The second kappa shape index (κ2) is 5.79. The first-order valence-electron chi connectivity index (χ1n) is 6.16. The lowest BCUT2D eigenvalue weighted by Crippen LogP contribution is -1.88. The van der Waals surface area contributed by atoms with E-state index in [2.05, 4.69) is 15.1 Å². The summed E-state index contributed by atoms with van der Waals surface area (Å²) in [5.41, 5.74) is 2.11. The van der Waals surface area contributed by atoms with Crippen LogP contribution in [0.2, 0.25) is 0 Å². The van der Waals surface area contributed by atoms with Gasteiger partial charge in [-0.1, -0.05) is 17.4 Å². The molecule has 106 valence electrons. The quantitative estimate of drug-likeness (QED) is 0.692. The second-order valence-corrected chi connectivity index (χ2v) is 4.59. The Labute approximate surface area is 130 Å². The largest absolute Gasteiger partial charge is 0.334 e. The van der Waals surface area contributed by atoms with Crippen LogP contribution in [0.4, 0.5) is 4.39 Å². The number of hydrogen-bond acceptors (Lipinski definition) is 6.